The van der Waals surface area contributed by atoms with Gasteiger partial charge in [-0.3, -0.25) is 4.79 Å². The van der Waals surface area contributed by atoms with Crippen LogP contribution < -0.4 is 0 Å². The van der Waals surface area contributed by atoms with E-state index in [2.05, 4.69) is 6.58 Å². The number of carbonyl (C=O) groups excluding carboxylic acids is 1. The van der Waals surface area contributed by atoms with Gasteiger partial charge in [-0.15, -0.1) is 0 Å². The number of rotatable bonds is 3. The molecule has 0 atom stereocenters. The van der Waals surface area contributed by atoms with Crippen LogP contribution in [0.1, 0.15) is 5.56 Å². The number of hydrogen-bond acceptors (Lipinski definition) is 1. The second kappa shape index (κ2) is 4.99. The Hall–Kier alpha value is -1.05. The molecular formula is C11H8Cl2O. The number of halogens is 2. The van der Waals surface area contributed by atoms with E-state index in [1.165, 1.54) is 12.2 Å². The number of carbonyl (C=O) groups is 1. The minimum atomic E-state index is -0.166. The highest BCUT2D eigenvalue weighted by Gasteiger charge is 1.97. The lowest BCUT2D eigenvalue weighted by molar-refractivity contribution is -0.110. The highest BCUT2D eigenvalue weighted by Crippen LogP contribution is 2.21. The van der Waals surface area contributed by atoms with E-state index in [1.807, 2.05) is 0 Å². The Kier molecular flexibility index (Phi) is 3.93. The van der Waals surface area contributed by atoms with Crippen LogP contribution in [0.15, 0.2) is 36.9 Å². The Morgan fingerprint density at radius 1 is 1.36 bits per heavy atom. The van der Waals surface area contributed by atoms with E-state index in [0.717, 1.165) is 5.56 Å². The zero-order valence-corrected chi connectivity index (χ0v) is 8.85. The van der Waals surface area contributed by atoms with Crippen molar-refractivity contribution in [1.29, 1.82) is 0 Å². The first-order valence-electron chi connectivity index (χ1n) is 3.93. The fraction of sp³-hybridized carbons (Fsp3) is 0. The first-order chi connectivity index (χ1) is 6.63. The maximum atomic E-state index is 10.9. The molecule has 0 fully saturated rings. The molecule has 0 aliphatic carbocycles. The van der Waals surface area contributed by atoms with E-state index in [0.29, 0.717) is 10.0 Å². The minimum Gasteiger partial charge on any atom is -0.290 e. The fourth-order valence-corrected chi connectivity index (χ4v) is 1.24. The largest absolute Gasteiger partial charge is 0.290 e. The maximum Gasteiger partial charge on any atom is 0.178 e. The zero-order chi connectivity index (χ0) is 10.6. The van der Waals surface area contributed by atoms with Gasteiger partial charge in [-0.05, 0) is 42.0 Å². The molecule has 0 aliphatic rings. The van der Waals surface area contributed by atoms with E-state index in [1.54, 1.807) is 24.3 Å². The zero-order valence-electron chi connectivity index (χ0n) is 7.34. The van der Waals surface area contributed by atoms with Crippen molar-refractivity contribution in [2.24, 2.45) is 0 Å². The van der Waals surface area contributed by atoms with Crippen LogP contribution in [0, 0.1) is 0 Å². The summed E-state index contributed by atoms with van der Waals surface area (Å²) in [5.74, 6) is -0.166. The lowest BCUT2D eigenvalue weighted by atomic mass is 10.2. The van der Waals surface area contributed by atoms with E-state index in [4.69, 9.17) is 23.2 Å². The number of benzene rings is 1. The average molecular weight is 227 g/mol. The summed E-state index contributed by atoms with van der Waals surface area (Å²) in [4.78, 5) is 10.9. The Bertz CT molecular complexity index is 394. The van der Waals surface area contributed by atoms with Gasteiger partial charge in [-0.2, -0.15) is 0 Å². The molecule has 14 heavy (non-hydrogen) atoms. The third-order valence-electron chi connectivity index (χ3n) is 1.59. The van der Waals surface area contributed by atoms with Crippen LogP contribution in [-0.2, 0) is 4.79 Å². The normalized spacial score (nSPS) is 10.4. The van der Waals surface area contributed by atoms with Gasteiger partial charge in [0.2, 0.25) is 0 Å². The van der Waals surface area contributed by atoms with E-state index >= 15 is 0 Å². The van der Waals surface area contributed by atoms with Crippen molar-refractivity contribution < 1.29 is 4.79 Å². The van der Waals surface area contributed by atoms with Crippen LogP contribution in [0.3, 0.4) is 0 Å². The highest BCUT2D eigenvalue weighted by molar-refractivity contribution is 6.34. The number of allylic oxidation sites excluding steroid dienone is 2. The quantitative estimate of drug-likeness (QED) is 0.718. The lowest BCUT2D eigenvalue weighted by Crippen LogP contribution is -1.83. The third-order valence-corrected chi connectivity index (χ3v) is 2.17. The van der Waals surface area contributed by atoms with Crippen LogP contribution in [0.5, 0.6) is 0 Å². The first-order valence-corrected chi connectivity index (χ1v) is 4.68. The van der Waals surface area contributed by atoms with Gasteiger partial charge in [0.15, 0.2) is 5.78 Å². The molecule has 0 amide bonds. The monoisotopic (exact) mass is 226 g/mol. The molecule has 0 bridgehead atoms. The molecule has 1 aromatic rings. The van der Waals surface area contributed by atoms with Gasteiger partial charge in [0, 0.05) is 10.0 Å². The lowest BCUT2D eigenvalue weighted by Gasteiger charge is -1.97. The molecule has 0 spiro atoms. The van der Waals surface area contributed by atoms with Crippen molar-refractivity contribution in [3.8, 4) is 0 Å². The van der Waals surface area contributed by atoms with Crippen molar-refractivity contribution in [1.82, 2.24) is 0 Å². The molecule has 0 saturated heterocycles. The SMILES string of the molecule is C=CC(=O)/C=C/c1cc(Cl)ccc1Cl. The molecular weight excluding hydrogens is 219 g/mol. The van der Waals surface area contributed by atoms with Crippen molar-refractivity contribution in [2.45, 2.75) is 0 Å². The Morgan fingerprint density at radius 3 is 2.71 bits per heavy atom. The van der Waals surface area contributed by atoms with Crippen LogP contribution >= 0.6 is 23.2 Å². The van der Waals surface area contributed by atoms with Crippen LogP contribution in [0.2, 0.25) is 10.0 Å². The average Bonchev–Trinajstić information content (AvgIpc) is 2.19. The fourth-order valence-electron chi connectivity index (χ4n) is 0.882. The summed E-state index contributed by atoms with van der Waals surface area (Å²) in [5.41, 5.74) is 0.717. The molecule has 0 N–H and O–H groups in total. The Morgan fingerprint density at radius 2 is 2.07 bits per heavy atom. The molecule has 3 heteroatoms. The maximum absolute atomic E-state index is 10.9. The smallest absolute Gasteiger partial charge is 0.178 e. The van der Waals surface area contributed by atoms with Crippen molar-refractivity contribution in [2.75, 3.05) is 0 Å². The Balaban J connectivity index is 2.96. The minimum absolute atomic E-state index is 0.166. The van der Waals surface area contributed by atoms with Crippen LogP contribution in [-0.4, -0.2) is 5.78 Å². The predicted molar refractivity (Wildman–Crippen MR) is 60.7 cm³/mol. The molecule has 72 valence electrons. The predicted octanol–water partition coefficient (Wildman–Crippen LogP) is 3.76. The van der Waals surface area contributed by atoms with Gasteiger partial charge < -0.3 is 0 Å². The summed E-state index contributed by atoms with van der Waals surface area (Å²) in [7, 11) is 0. The molecule has 0 aliphatic heterocycles. The van der Waals surface area contributed by atoms with Crippen molar-refractivity contribution in [3.05, 3.63) is 52.5 Å². The molecule has 0 saturated carbocycles. The summed E-state index contributed by atoms with van der Waals surface area (Å²) >= 11 is 11.6. The number of hydrogen-bond donors (Lipinski definition) is 0. The molecule has 1 aromatic carbocycles. The van der Waals surface area contributed by atoms with E-state index in [-0.39, 0.29) is 5.78 Å². The van der Waals surface area contributed by atoms with E-state index < -0.39 is 0 Å². The number of ketones is 1. The van der Waals surface area contributed by atoms with Gasteiger partial charge >= 0.3 is 0 Å². The molecule has 1 nitrogen and oxygen atoms in total. The first kappa shape index (κ1) is 11.0. The summed E-state index contributed by atoms with van der Waals surface area (Å²) in [6.45, 7) is 3.35. The van der Waals surface area contributed by atoms with Gasteiger partial charge in [0.05, 0.1) is 0 Å². The summed E-state index contributed by atoms with van der Waals surface area (Å²) in [5, 5.41) is 1.14. The second-order valence-electron chi connectivity index (χ2n) is 2.61. The van der Waals surface area contributed by atoms with Crippen molar-refractivity contribution >= 4 is 35.1 Å². The topological polar surface area (TPSA) is 17.1 Å². The van der Waals surface area contributed by atoms with Gasteiger partial charge in [0.25, 0.3) is 0 Å². The summed E-state index contributed by atoms with van der Waals surface area (Å²) in [6.07, 6.45) is 4.23. The molecule has 0 aromatic heterocycles. The highest BCUT2D eigenvalue weighted by atomic mass is 35.5. The molecule has 0 unspecified atom stereocenters. The third kappa shape index (κ3) is 3.02. The molecule has 1 rings (SSSR count). The second-order valence-corrected chi connectivity index (χ2v) is 3.45. The summed E-state index contributed by atoms with van der Waals surface area (Å²) < 4.78 is 0. The van der Waals surface area contributed by atoms with Gasteiger partial charge in [-0.1, -0.05) is 29.8 Å². The molecule has 0 heterocycles. The van der Waals surface area contributed by atoms with Gasteiger partial charge in [-0.25, -0.2) is 0 Å². The van der Waals surface area contributed by atoms with Crippen LogP contribution in [0.25, 0.3) is 6.08 Å². The standard InChI is InChI=1S/C11H8Cl2O/c1-2-10(14)5-3-8-7-9(12)4-6-11(8)13/h2-7H,1H2/b5-3+. The summed E-state index contributed by atoms with van der Waals surface area (Å²) in [6, 6.07) is 5.06. The van der Waals surface area contributed by atoms with Crippen LogP contribution in [0.4, 0.5) is 0 Å². The van der Waals surface area contributed by atoms with Crippen molar-refractivity contribution in [3.63, 3.8) is 0 Å². The van der Waals surface area contributed by atoms with E-state index in [9.17, 15) is 4.79 Å². The van der Waals surface area contributed by atoms with Gasteiger partial charge in [0.1, 0.15) is 0 Å². The molecule has 0 radical (unpaired) electrons. The Labute approximate surface area is 92.6 Å².